The van der Waals surface area contributed by atoms with Crippen LogP contribution in [0, 0.1) is 23.7 Å². The normalized spacial score (nSPS) is 9.95. The average molecular weight is 248 g/mol. The standard InChI is InChI=1S/C19H20/c1-8-9-17(5)14-19(7)18(6)13-12-16(4)11-10-15(2)3/h10-11,14H,2,4-6H2,1,3,7H3/b11-10-,19-14-. The van der Waals surface area contributed by atoms with Gasteiger partial charge in [-0.3, -0.25) is 0 Å². The highest BCUT2D eigenvalue weighted by atomic mass is 14.0. The van der Waals surface area contributed by atoms with Crippen molar-refractivity contribution in [3.8, 4) is 23.7 Å². The monoisotopic (exact) mass is 248 g/mol. The van der Waals surface area contributed by atoms with E-state index in [0.717, 1.165) is 27.9 Å². The second-order valence-electron chi connectivity index (χ2n) is 4.16. The highest BCUT2D eigenvalue weighted by molar-refractivity contribution is 5.51. The van der Waals surface area contributed by atoms with Crippen LogP contribution in [0.5, 0.6) is 0 Å². The predicted molar refractivity (Wildman–Crippen MR) is 86.4 cm³/mol. The Kier molecular flexibility index (Phi) is 7.51. The fourth-order valence-electron chi connectivity index (χ4n) is 1.08. The molecule has 0 aliphatic carbocycles. The quantitative estimate of drug-likeness (QED) is 0.497. The van der Waals surface area contributed by atoms with Crippen molar-refractivity contribution >= 4 is 0 Å². The molecule has 0 bridgehead atoms. The molecule has 0 spiro atoms. The van der Waals surface area contributed by atoms with Crippen molar-refractivity contribution in [1.82, 2.24) is 0 Å². The topological polar surface area (TPSA) is 0 Å². The molecule has 0 saturated carbocycles. The molecular formula is C19H20. The molecule has 0 heteroatoms. The summed E-state index contributed by atoms with van der Waals surface area (Å²) in [6.45, 7) is 21.0. The van der Waals surface area contributed by atoms with Crippen LogP contribution < -0.4 is 0 Å². The van der Waals surface area contributed by atoms with Crippen molar-refractivity contribution in [2.24, 2.45) is 0 Å². The Bertz CT molecular complexity index is 581. The van der Waals surface area contributed by atoms with Crippen molar-refractivity contribution in [3.05, 3.63) is 72.4 Å². The highest BCUT2D eigenvalue weighted by Gasteiger charge is 1.93. The van der Waals surface area contributed by atoms with Crippen LogP contribution in [0.3, 0.4) is 0 Å². The molecule has 0 aromatic rings. The van der Waals surface area contributed by atoms with Crippen molar-refractivity contribution < 1.29 is 0 Å². The van der Waals surface area contributed by atoms with Gasteiger partial charge in [-0.2, -0.15) is 0 Å². The predicted octanol–water partition coefficient (Wildman–Crippen LogP) is 4.76. The lowest BCUT2D eigenvalue weighted by molar-refractivity contribution is 1.45. The number of hydrogen-bond acceptors (Lipinski definition) is 0. The van der Waals surface area contributed by atoms with Gasteiger partial charge in [0, 0.05) is 16.7 Å². The van der Waals surface area contributed by atoms with Gasteiger partial charge in [0.2, 0.25) is 0 Å². The first kappa shape index (κ1) is 16.6. The molecular weight excluding hydrogens is 228 g/mol. The Morgan fingerprint density at radius 3 is 2.00 bits per heavy atom. The van der Waals surface area contributed by atoms with E-state index in [1.807, 2.05) is 32.1 Å². The largest absolute Gasteiger partial charge is 0.101 e. The molecule has 0 saturated heterocycles. The number of allylic oxidation sites excluding steroid dienone is 8. The molecule has 19 heavy (non-hydrogen) atoms. The molecule has 0 N–H and O–H groups in total. The van der Waals surface area contributed by atoms with E-state index in [0.29, 0.717) is 0 Å². The molecule has 0 aromatic heterocycles. The lowest BCUT2D eigenvalue weighted by atomic mass is 10.1. The third kappa shape index (κ3) is 8.31. The van der Waals surface area contributed by atoms with Crippen LogP contribution >= 0.6 is 0 Å². The summed E-state index contributed by atoms with van der Waals surface area (Å²) in [6.07, 6.45) is 5.59. The van der Waals surface area contributed by atoms with Crippen LogP contribution in [0.2, 0.25) is 0 Å². The zero-order valence-corrected chi connectivity index (χ0v) is 12.1. The summed E-state index contributed by atoms with van der Waals surface area (Å²) in [4.78, 5) is 0. The number of rotatable bonds is 4. The van der Waals surface area contributed by atoms with Gasteiger partial charge in [-0.1, -0.05) is 55.7 Å². The summed E-state index contributed by atoms with van der Waals surface area (Å²) in [5, 5.41) is 0. The first-order valence-electron chi connectivity index (χ1n) is 5.90. The van der Waals surface area contributed by atoms with Crippen LogP contribution in [0.15, 0.2) is 72.4 Å². The highest BCUT2D eigenvalue weighted by Crippen LogP contribution is 2.08. The molecule has 0 radical (unpaired) electrons. The van der Waals surface area contributed by atoms with Gasteiger partial charge in [0.25, 0.3) is 0 Å². The summed E-state index contributed by atoms with van der Waals surface area (Å²) in [6, 6.07) is 0. The molecule has 0 atom stereocenters. The Morgan fingerprint density at radius 1 is 0.842 bits per heavy atom. The fraction of sp³-hybridized carbons (Fsp3) is 0.158. The smallest absolute Gasteiger partial charge is 0.0206 e. The lowest BCUT2D eigenvalue weighted by Crippen LogP contribution is -1.81. The molecule has 0 nitrogen and oxygen atoms in total. The Labute approximate surface area is 117 Å². The van der Waals surface area contributed by atoms with Crippen molar-refractivity contribution in [2.45, 2.75) is 20.8 Å². The van der Waals surface area contributed by atoms with E-state index in [9.17, 15) is 0 Å². The maximum atomic E-state index is 3.92. The van der Waals surface area contributed by atoms with E-state index in [2.05, 4.69) is 50.0 Å². The van der Waals surface area contributed by atoms with E-state index in [-0.39, 0.29) is 0 Å². The second-order valence-corrected chi connectivity index (χ2v) is 4.16. The Morgan fingerprint density at radius 2 is 1.47 bits per heavy atom. The summed E-state index contributed by atoms with van der Waals surface area (Å²) < 4.78 is 0. The second kappa shape index (κ2) is 8.62. The van der Waals surface area contributed by atoms with Crippen molar-refractivity contribution in [1.29, 1.82) is 0 Å². The molecule has 0 aliphatic rings. The molecule has 96 valence electrons. The molecule has 0 aliphatic heterocycles. The van der Waals surface area contributed by atoms with Gasteiger partial charge in [0.05, 0.1) is 0 Å². The van der Waals surface area contributed by atoms with E-state index < -0.39 is 0 Å². The van der Waals surface area contributed by atoms with Crippen molar-refractivity contribution in [2.75, 3.05) is 0 Å². The Hall–Kier alpha value is -2.44. The lowest BCUT2D eigenvalue weighted by Gasteiger charge is -1.97. The van der Waals surface area contributed by atoms with Gasteiger partial charge in [-0.15, -0.1) is 5.92 Å². The minimum absolute atomic E-state index is 0.726. The minimum atomic E-state index is 0.726. The SMILES string of the molecule is C=C(C)/C=C\C(=C)C#CC(=C)/C(C)=C\C(=C)C#CC. The summed E-state index contributed by atoms with van der Waals surface area (Å²) in [5.74, 6) is 11.6. The molecule has 0 heterocycles. The first-order chi connectivity index (χ1) is 8.86. The maximum absolute atomic E-state index is 3.92. The molecule has 0 rings (SSSR count). The van der Waals surface area contributed by atoms with Crippen LogP contribution in [-0.4, -0.2) is 0 Å². The van der Waals surface area contributed by atoms with E-state index in [1.54, 1.807) is 6.92 Å². The van der Waals surface area contributed by atoms with E-state index >= 15 is 0 Å². The molecule has 0 fully saturated rings. The molecule has 0 aromatic carbocycles. The Balaban J connectivity index is 4.79. The van der Waals surface area contributed by atoms with Crippen LogP contribution in [0.1, 0.15) is 20.8 Å². The third-order valence-electron chi connectivity index (χ3n) is 2.10. The minimum Gasteiger partial charge on any atom is -0.101 e. The van der Waals surface area contributed by atoms with Crippen LogP contribution in [0.4, 0.5) is 0 Å². The van der Waals surface area contributed by atoms with Gasteiger partial charge in [0.1, 0.15) is 0 Å². The van der Waals surface area contributed by atoms with Gasteiger partial charge < -0.3 is 0 Å². The molecule has 0 amide bonds. The first-order valence-corrected chi connectivity index (χ1v) is 5.90. The fourth-order valence-corrected chi connectivity index (χ4v) is 1.08. The van der Waals surface area contributed by atoms with Gasteiger partial charge in [-0.05, 0) is 38.5 Å². The maximum Gasteiger partial charge on any atom is 0.0206 e. The zero-order valence-electron chi connectivity index (χ0n) is 12.1. The van der Waals surface area contributed by atoms with Crippen LogP contribution in [-0.2, 0) is 0 Å². The zero-order chi connectivity index (χ0) is 14.8. The average Bonchev–Trinajstić information content (AvgIpc) is 2.33. The van der Waals surface area contributed by atoms with Crippen molar-refractivity contribution in [3.63, 3.8) is 0 Å². The molecule has 0 unspecified atom stereocenters. The van der Waals surface area contributed by atoms with Gasteiger partial charge >= 0.3 is 0 Å². The summed E-state index contributed by atoms with van der Waals surface area (Å²) >= 11 is 0. The van der Waals surface area contributed by atoms with E-state index in [4.69, 9.17) is 0 Å². The van der Waals surface area contributed by atoms with Gasteiger partial charge in [-0.25, -0.2) is 0 Å². The third-order valence-corrected chi connectivity index (χ3v) is 2.10. The van der Waals surface area contributed by atoms with Crippen LogP contribution in [0.25, 0.3) is 0 Å². The van der Waals surface area contributed by atoms with Gasteiger partial charge in [0.15, 0.2) is 0 Å². The number of hydrogen-bond donors (Lipinski definition) is 0. The van der Waals surface area contributed by atoms with E-state index in [1.165, 1.54) is 0 Å². The summed E-state index contributed by atoms with van der Waals surface area (Å²) in [7, 11) is 0. The summed E-state index contributed by atoms with van der Waals surface area (Å²) in [5.41, 5.74) is 4.14.